The average molecular weight is 269 g/mol. The molecule has 2 rings (SSSR count). The minimum absolute atomic E-state index is 0.120. The van der Waals surface area contributed by atoms with Gasteiger partial charge in [-0.15, -0.1) is 0 Å². The van der Waals surface area contributed by atoms with Crippen molar-refractivity contribution in [2.45, 2.75) is 51.2 Å². The first kappa shape index (κ1) is 14.8. The second-order valence-electron chi connectivity index (χ2n) is 5.96. The molecular formula is C14H27N3O2. The van der Waals surface area contributed by atoms with Crippen molar-refractivity contribution in [3.8, 4) is 0 Å². The molecule has 0 aromatic carbocycles. The molecule has 0 spiro atoms. The number of hydrogen-bond acceptors (Lipinski definition) is 4. The monoisotopic (exact) mass is 269 g/mol. The van der Waals surface area contributed by atoms with Gasteiger partial charge in [0, 0.05) is 37.1 Å². The molecule has 19 heavy (non-hydrogen) atoms. The molecular weight excluding hydrogens is 242 g/mol. The van der Waals surface area contributed by atoms with Gasteiger partial charge in [-0.3, -0.25) is 9.69 Å². The molecule has 4 unspecified atom stereocenters. The van der Waals surface area contributed by atoms with Crippen LogP contribution in [0.2, 0.25) is 0 Å². The number of rotatable bonds is 4. The number of amides is 1. The molecule has 0 bridgehead atoms. The lowest BCUT2D eigenvalue weighted by Crippen LogP contribution is -2.52. The molecule has 2 aliphatic rings. The Morgan fingerprint density at radius 2 is 2.00 bits per heavy atom. The van der Waals surface area contributed by atoms with Crippen molar-refractivity contribution in [1.29, 1.82) is 0 Å². The molecule has 1 aliphatic heterocycles. The summed E-state index contributed by atoms with van der Waals surface area (Å²) in [5, 5.41) is 3.16. The van der Waals surface area contributed by atoms with Crippen LogP contribution in [0.25, 0.3) is 0 Å². The lowest BCUT2D eigenvalue weighted by Gasteiger charge is -2.36. The number of carbonyl (C=O) groups is 1. The summed E-state index contributed by atoms with van der Waals surface area (Å²) < 4.78 is 5.36. The third kappa shape index (κ3) is 3.91. The van der Waals surface area contributed by atoms with Crippen LogP contribution in [0, 0.1) is 5.92 Å². The normalized spacial score (nSPS) is 31.9. The molecule has 0 radical (unpaired) electrons. The summed E-state index contributed by atoms with van der Waals surface area (Å²) in [4.78, 5) is 14.6. The van der Waals surface area contributed by atoms with Gasteiger partial charge >= 0.3 is 0 Å². The fourth-order valence-corrected chi connectivity index (χ4v) is 3.02. The summed E-state index contributed by atoms with van der Waals surface area (Å²) in [5.41, 5.74) is 5.87. The highest BCUT2D eigenvalue weighted by molar-refractivity contribution is 5.79. The zero-order chi connectivity index (χ0) is 13.8. The summed E-state index contributed by atoms with van der Waals surface area (Å²) in [6.45, 7) is 7.76. The molecule has 5 nitrogen and oxygen atoms in total. The zero-order valence-electron chi connectivity index (χ0n) is 12.1. The van der Waals surface area contributed by atoms with E-state index in [-0.39, 0.29) is 23.9 Å². The Bertz CT molecular complexity index is 305. The molecule has 1 saturated heterocycles. The van der Waals surface area contributed by atoms with Crippen LogP contribution in [0.3, 0.4) is 0 Å². The second kappa shape index (κ2) is 6.68. The van der Waals surface area contributed by atoms with E-state index in [1.165, 1.54) is 0 Å². The van der Waals surface area contributed by atoms with Crippen molar-refractivity contribution in [3.63, 3.8) is 0 Å². The van der Waals surface area contributed by atoms with E-state index in [2.05, 4.69) is 24.1 Å². The van der Waals surface area contributed by atoms with Crippen LogP contribution in [0.15, 0.2) is 0 Å². The van der Waals surface area contributed by atoms with Crippen LogP contribution in [0.1, 0.15) is 33.1 Å². The first-order valence-corrected chi connectivity index (χ1v) is 7.45. The molecule has 1 aliphatic carbocycles. The van der Waals surface area contributed by atoms with Crippen molar-refractivity contribution in [2.75, 3.05) is 26.3 Å². The fourth-order valence-electron chi connectivity index (χ4n) is 3.02. The predicted molar refractivity (Wildman–Crippen MR) is 74.8 cm³/mol. The van der Waals surface area contributed by atoms with E-state index in [0.29, 0.717) is 6.04 Å². The fraction of sp³-hybridized carbons (Fsp3) is 0.929. The van der Waals surface area contributed by atoms with E-state index in [1.807, 2.05) is 0 Å². The van der Waals surface area contributed by atoms with Gasteiger partial charge in [-0.25, -0.2) is 0 Å². The Balaban J connectivity index is 1.79. The van der Waals surface area contributed by atoms with Crippen molar-refractivity contribution < 1.29 is 9.53 Å². The highest BCUT2D eigenvalue weighted by atomic mass is 16.5. The van der Waals surface area contributed by atoms with E-state index >= 15 is 0 Å². The van der Waals surface area contributed by atoms with Gasteiger partial charge in [0.2, 0.25) is 5.91 Å². The van der Waals surface area contributed by atoms with Crippen LogP contribution in [0.4, 0.5) is 0 Å². The smallest absolute Gasteiger partial charge is 0.223 e. The maximum Gasteiger partial charge on any atom is 0.223 e. The molecule has 1 saturated carbocycles. The molecule has 1 amide bonds. The van der Waals surface area contributed by atoms with Gasteiger partial charge in [0.05, 0.1) is 13.2 Å². The summed E-state index contributed by atoms with van der Waals surface area (Å²) in [6.07, 6.45) is 2.75. The highest BCUT2D eigenvalue weighted by Gasteiger charge is 2.30. The maximum atomic E-state index is 12.2. The van der Waals surface area contributed by atoms with Crippen LogP contribution in [-0.4, -0.2) is 55.2 Å². The van der Waals surface area contributed by atoms with Gasteiger partial charge in [-0.05, 0) is 33.1 Å². The molecule has 3 N–H and O–H groups in total. The number of nitrogens with one attached hydrogen (secondary N) is 1. The van der Waals surface area contributed by atoms with Gasteiger partial charge in [-0.2, -0.15) is 0 Å². The van der Waals surface area contributed by atoms with Gasteiger partial charge in [-0.1, -0.05) is 0 Å². The quantitative estimate of drug-likeness (QED) is 0.772. The predicted octanol–water partition coefficient (Wildman–Crippen LogP) is 0.339. The number of hydrogen-bond donors (Lipinski definition) is 2. The molecule has 110 valence electrons. The van der Waals surface area contributed by atoms with Crippen molar-refractivity contribution in [3.05, 3.63) is 0 Å². The Morgan fingerprint density at radius 1 is 1.32 bits per heavy atom. The molecule has 4 atom stereocenters. The molecule has 0 aromatic heterocycles. The van der Waals surface area contributed by atoms with Crippen LogP contribution in [-0.2, 0) is 9.53 Å². The first-order chi connectivity index (χ1) is 9.08. The molecule has 0 aromatic rings. The van der Waals surface area contributed by atoms with Crippen LogP contribution < -0.4 is 11.1 Å². The number of nitrogens with two attached hydrogens (primary N) is 1. The summed E-state index contributed by atoms with van der Waals surface area (Å²) in [6, 6.07) is 0.730. The number of carbonyl (C=O) groups excluding carboxylic acids is 1. The first-order valence-electron chi connectivity index (χ1n) is 7.45. The SMILES string of the molecule is CC(NC(=O)C1CCC(N)C1)C(C)N1CCOCC1. The second-order valence-corrected chi connectivity index (χ2v) is 5.96. The van der Waals surface area contributed by atoms with E-state index in [1.54, 1.807) is 0 Å². The van der Waals surface area contributed by atoms with E-state index in [9.17, 15) is 4.79 Å². The summed E-state index contributed by atoms with van der Waals surface area (Å²) >= 11 is 0. The van der Waals surface area contributed by atoms with E-state index in [4.69, 9.17) is 10.5 Å². The van der Waals surface area contributed by atoms with Gasteiger partial charge in [0.1, 0.15) is 0 Å². The largest absolute Gasteiger partial charge is 0.379 e. The van der Waals surface area contributed by atoms with Crippen LogP contribution in [0.5, 0.6) is 0 Å². The van der Waals surface area contributed by atoms with Crippen LogP contribution >= 0.6 is 0 Å². The average Bonchev–Trinajstić information content (AvgIpc) is 2.85. The van der Waals surface area contributed by atoms with E-state index in [0.717, 1.165) is 45.6 Å². The van der Waals surface area contributed by atoms with Gasteiger partial charge < -0.3 is 15.8 Å². The third-order valence-electron chi connectivity index (χ3n) is 4.56. The van der Waals surface area contributed by atoms with Gasteiger partial charge in [0.25, 0.3) is 0 Å². The topological polar surface area (TPSA) is 67.6 Å². The van der Waals surface area contributed by atoms with Gasteiger partial charge in [0.15, 0.2) is 0 Å². The third-order valence-corrected chi connectivity index (χ3v) is 4.56. The molecule has 2 fully saturated rings. The minimum atomic E-state index is 0.120. The summed E-state index contributed by atoms with van der Waals surface area (Å²) in [5.74, 6) is 0.301. The zero-order valence-corrected chi connectivity index (χ0v) is 12.1. The van der Waals surface area contributed by atoms with Crippen molar-refractivity contribution in [1.82, 2.24) is 10.2 Å². The Labute approximate surface area is 115 Å². The maximum absolute atomic E-state index is 12.2. The highest BCUT2D eigenvalue weighted by Crippen LogP contribution is 2.24. The van der Waals surface area contributed by atoms with Crippen molar-refractivity contribution >= 4 is 5.91 Å². The molecule has 5 heteroatoms. The van der Waals surface area contributed by atoms with Crippen molar-refractivity contribution in [2.24, 2.45) is 11.7 Å². The Morgan fingerprint density at radius 3 is 2.58 bits per heavy atom. The number of morpholine rings is 1. The number of ether oxygens (including phenoxy) is 1. The standard InChI is InChI=1S/C14H27N3O2/c1-10(11(2)17-5-7-19-8-6-17)16-14(18)12-3-4-13(15)9-12/h10-13H,3-9,15H2,1-2H3,(H,16,18). The molecule has 1 heterocycles. The minimum Gasteiger partial charge on any atom is -0.379 e. The Kier molecular flexibility index (Phi) is 5.19. The van der Waals surface area contributed by atoms with E-state index < -0.39 is 0 Å². The Hall–Kier alpha value is -0.650. The lowest BCUT2D eigenvalue weighted by atomic mass is 10.0. The summed E-state index contributed by atoms with van der Waals surface area (Å²) in [7, 11) is 0. The number of nitrogens with zero attached hydrogens (tertiary/aromatic N) is 1. The lowest BCUT2D eigenvalue weighted by molar-refractivity contribution is -0.126.